The van der Waals surface area contributed by atoms with E-state index in [1.54, 1.807) is 6.92 Å². The Morgan fingerprint density at radius 3 is 2.52 bits per heavy atom. The molecule has 21 heavy (non-hydrogen) atoms. The molecule has 4 heteroatoms. The van der Waals surface area contributed by atoms with Crippen molar-refractivity contribution in [1.29, 1.82) is 0 Å². The molecular formula is C17H16BrNO2. The monoisotopic (exact) mass is 345 g/mol. The second-order valence-corrected chi connectivity index (χ2v) is 5.39. The van der Waals surface area contributed by atoms with E-state index >= 15 is 0 Å². The number of halogens is 1. The Bertz CT molecular complexity index is 666. The molecule has 0 fully saturated rings. The van der Waals surface area contributed by atoms with Crippen LogP contribution >= 0.6 is 15.9 Å². The Balaban J connectivity index is 2.48. The van der Waals surface area contributed by atoms with Gasteiger partial charge in [0.05, 0.1) is 12.3 Å². The van der Waals surface area contributed by atoms with Crippen molar-refractivity contribution < 1.29 is 9.53 Å². The van der Waals surface area contributed by atoms with Crippen LogP contribution in [0, 0.1) is 6.92 Å². The lowest BCUT2D eigenvalue weighted by molar-refractivity contribution is -0.134. The SMILES string of the molecule is CCOC(=O)C(=Nc1ccc(Br)cc1C)c1ccccc1. The molecule has 0 heterocycles. The minimum absolute atomic E-state index is 0.322. The smallest absolute Gasteiger partial charge is 0.357 e. The number of carbonyl (C=O) groups is 1. The molecule has 0 saturated carbocycles. The standard InChI is InChI=1S/C17H16BrNO2/c1-3-21-17(20)16(13-7-5-4-6-8-13)19-15-10-9-14(18)11-12(15)2/h4-11H,3H2,1-2H3. The average Bonchev–Trinajstić information content (AvgIpc) is 2.47. The third-order valence-corrected chi connectivity index (χ3v) is 3.40. The van der Waals surface area contributed by atoms with Crippen molar-refractivity contribution in [2.24, 2.45) is 4.99 Å². The second kappa shape index (κ2) is 7.18. The van der Waals surface area contributed by atoms with Gasteiger partial charge in [0.25, 0.3) is 0 Å². The average molecular weight is 346 g/mol. The molecule has 0 amide bonds. The minimum atomic E-state index is -0.411. The molecule has 3 nitrogen and oxygen atoms in total. The van der Waals surface area contributed by atoms with Crippen molar-refractivity contribution in [3.05, 3.63) is 64.1 Å². The molecule has 108 valence electrons. The van der Waals surface area contributed by atoms with Gasteiger partial charge in [0.15, 0.2) is 5.71 Å². The summed E-state index contributed by atoms with van der Waals surface area (Å²) in [6, 6.07) is 15.1. The first kappa shape index (κ1) is 15.4. The number of carbonyl (C=O) groups excluding carboxylic acids is 1. The van der Waals surface area contributed by atoms with Crippen molar-refractivity contribution in [2.75, 3.05) is 6.61 Å². The van der Waals surface area contributed by atoms with Crippen LogP contribution in [0.25, 0.3) is 0 Å². The first-order valence-corrected chi connectivity index (χ1v) is 7.48. The van der Waals surface area contributed by atoms with Crippen LogP contribution in [0.2, 0.25) is 0 Å². The van der Waals surface area contributed by atoms with Gasteiger partial charge >= 0.3 is 5.97 Å². The number of hydrogen-bond acceptors (Lipinski definition) is 3. The summed E-state index contributed by atoms with van der Waals surface area (Å²) in [7, 11) is 0. The van der Waals surface area contributed by atoms with E-state index in [1.165, 1.54) is 0 Å². The Labute approximate surface area is 132 Å². The van der Waals surface area contributed by atoms with Crippen molar-refractivity contribution in [3.63, 3.8) is 0 Å². The maximum absolute atomic E-state index is 12.2. The van der Waals surface area contributed by atoms with Crippen LogP contribution in [0.3, 0.4) is 0 Å². The van der Waals surface area contributed by atoms with Crippen LogP contribution in [0.4, 0.5) is 5.69 Å². The fourth-order valence-electron chi connectivity index (χ4n) is 1.89. The number of rotatable bonds is 4. The Morgan fingerprint density at radius 1 is 1.19 bits per heavy atom. The van der Waals surface area contributed by atoms with Gasteiger partial charge in [-0.25, -0.2) is 9.79 Å². The number of hydrogen-bond donors (Lipinski definition) is 0. The van der Waals surface area contributed by atoms with Crippen LogP contribution in [-0.4, -0.2) is 18.3 Å². The van der Waals surface area contributed by atoms with Gasteiger partial charge in [0, 0.05) is 10.0 Å². The fraction of sp³-hybridized carbons (Fsp3) is 0.176. The summed E-state index contributed by atoms with van der Waals surface area (Å²) in [5, 5.41) is 0. The number of aliphatic imine (C=N–C) groups is 1. The first-order valence-electron chi connectivity index (χ1n) is 6.69. The summed E-state index contributed by atoms with van der Waals surface area (Å²) in [6.07, 6.45) is 0. The zero-order valence-corrected chi connectivity index (χ0v) is 13.6. The molecule has 0 radical (unpaired) electrons. The van der Waals surface area contributed by atoms with Crippen LogP contribution in [0.15, 0.2) is 58.0 Å². The normalized spacial score (nSPS) is 11.3. The van der Waals surface area contributed by atoms with Gasteiger partial charge in [-0.15, -0.1) is 0 Å². The predicted octanol–water partition coefficient (Wildman–Crippen LogP) is 4.44. The van der Waals surface area contributed by atoms with Crippen LogP contribution in [0.5, 0.6) is 0 Å². The minimum Gasteiger partial charge on any atom is -0.461 e. The number of nitrogens with zero attached hydrogens (tertiary/aromatic N) is 1. The molecule has 0 spiro atoms. The Morgan fingerprint density at radius 2 is 1.90 bits per heavy atom. The lowest BCUT2D eigenvalue weighted by atomic mass is 10.1. The molecule has 2 aromatic rings. The molecule has 0 saturated heterocycles. The first-order chi connectivity index (χ1) is 10.1. The molecule has 0 unspecified atom stereocenters. The van der Waals surface area contributed by atoms with Gasteiger partial charge in [0.1, 0.15) is 0 Å². The largest absolute Gasteiger partial charge is 0.461 e. The molecule has 2 rings (SSSR count). The number of ether oxygens (including phenoxy) is 1. The summed E-state index contributed by atoms with van der Waals surface area (Å²) < 4.78 is 6.10. The molecule has 0 aliphatic carbocycles. The van der Waals surface area contributed by atoms with Gasteiger partial charge in [-0.3, -0.25) is 0 Å². The van der Waals surface area contributed by atoms with Crippen LogP contribution in [0.1, 0.15) is 18.1 Å². The fourth-order valence-corrected chi connectivity index (χ4v) is 2.36. The Hall–Kier alpha value is -1.94. The summed E-state index contributed by atoms with van der Waals surface area (Å²) in [6.45, 7) is 4.06. The number of aryl methyl sites for hydroxylation is 1. The third kappa shape index (κ3) is 4.02. The quantitative estimate of drug-likeness (QED) is 0.606. The van der Waals surface area contributed by atoms with Crippen molar-refractivity contribution >= 4 is 33.3 Å². The van der Waals surface area contributed by atoms with E-state index in [-0.39, 0.29) is 0 Å². The molecule has 0 bridgehead atoms. The van der Waals surface area contributed by atoms with Gasteiger partial charge in [-0.1, -0.05) is 46.3 Å². The van der Waals surface area contributed by atoms with Gasteiger partial charge in [-0.05, 0) is 37.6 Å². The molecule has 0 aliphatic heterocycles. The maximum Gasteiger partial charge on any atom is 0.357 e. The van der Waals surface area contributed by atoms with E-state index in [4.69, 9.17) is 4.74 Å². The second-order valence-electron chi connectivity index (χ2n) is 4.48. The zero-order valence-electron chi connectivity index (χ0n) is 12.0. The number of benzene rings is 2. The van der Waals surface area contributed by atoms with Crippen molar-refractivity contribution in [1.82, 2.24) is 0 Å². The van der Waals surface area contributed by atoms with E-state index in [9.17, 15) is 4.79 Å². The van der Waals surface area contributed by atoms with Gasteiger partial charge in [0.2, 0.25) is 0 Å². The molecule has 0 atom stereocenters. The highest BCUT2D eigenvalue weighted by atomic mass is 79.9. The highest BCUT2D eigenvalue weighted by Gasteiger charge is 2.15. The highest BCUT2D eigenvalue weighted by Crippen LogP contribution is 2.24. The molecule has 0 aromatic heterocycles. The number of esters is 1. The predicted molar refractivity (Wildman–Crippen MR) is 88.2 cm³/mol. The van der Waals surface area contributed by atoms with E-state index in [0.29, 0.717) is 12.3 Å². The highest BCUT2D eigenvalue weighted by molar-refractivity contribution is 9.10. The molecule has 2 aromatic carbocycles. The van der Waals surface area contributed by atoms with Crippen LogP contribution < -0.4 is 0 Å². The topological polar surface area (TPSA) is 38.7 Å². The molecular weight excluding hydrogens is 330 g/mol. The van der Waals surface area contributed by atoms with Crippen LogP contribution in [-0.2, 0) is 9.53 Å². The summed E-state index contributed by atoms with van der Waals surface area (Å²) in [5.74, 6) is -0.411. The summed E-state index contributed by atoms with van der Waals surface area (Å²) in [4.78, 5) is 16.7. The van der Waals surface area contributed by atoms with E-state index in [2.05, 4.69) is 20.9 Å². The third-order valence-electron chi connectivity index (χ3n) is 2.91. The zero-order chi connectivity index (χ0) is 15.2. The van der Waals surface area contributed by atoms with E-state index in [0.717, 1.165) is 21.3 Å². The maximum atomic E-state index is 12.2. The van der Waals surface area contributed by atoms with E-state index in [1.807, 2.05) is 55.5 Å². The van der Waals surface area contributed by atoms with Gasteiger partial charge in [-0.2, -0.15) is 0 Å². The molecule has 0 N–H and O–H groups in total. The molecule has 0 aliphatic rings. The van der Waals surface area contributed by atoms with E-state index < -0.39 is 5.97 Å². The lowest BCUT2D eigenvalue weighted by Crippen LogP contribution is -2.18. The Kier molecular flexibility index (Phi) is 5.28. The summed E-state index contributed by atoms with van der Waals surface area (Å²) in [5.41, 5.74) is 2.81. The van der Waals surface area contributed by atoms with Gasteiger partial charge < -0.3 is 4.74 Å². The van der Waals surface area contributed by atoms with Crippen molar-refractivity contribution in [2.45, 2.75) is 13.8 Å². The van der Waals surface area contributed by atoms with Crippen molar-refractivity contribution in [3.8, 4) is 0 Å². The lowest BCUT2D eigenvalue weighted by Gasteiger charge is -2.08. The summed E-state index contributed by atoms with van der Waals surface area (Å²) >= 11 is 3.42.